The Morgan fingerprint density at radius 1 is 1.16 bits per heavy atom. The molecule has 0 spiro atoms. The predicted octanol–water partition coefficient (Wildman–Crippen LogP) is 3.78. The topological polar surface area (TPSA) is 119 Å². The second-order valence-electron chi connectivity index (χ2n) is 6.49. The molecule has 0 bridgehead atoms. The molecule has 1 saturated heterocycles. The quantitative estimate of drug-likeness (QED) is 0.571. The van der Waals surface area contributed by atoms with E-state index in [-0.39, 0.29) is 28.4 Å². The van der Waals surface area contributed by atoms with Gasteiger partial charge in [-0.15, -0.1) is 0 Å². The molecule has 0 aliphatic carbocycles. The zero-order valence-electron chi connectivity index (χ0n) is 15.6. The second-order valence-corrected chi connectivity index (χ2v) is 7.51. The SMILES string of the molecule is NC(Cc1ccc(Oc2ccc(/C=C3/SC(=O)NC3=O)c(C(F)(F)F)c2)cc1)C(=O)O. The van der Waals surface area contributed by atoms with Gasteiger partial charge in [0.1, 0.15) is 17.5 Å². The van der Waals surface area contributed by atoms with Gasteiger partial charge in [0.25, 0.3) is 11.1 Å². The first-order valence-corrected chi connectivity index (χ1v) is 9.56. The third-order valence-electron chi connectivity index (χ3n) is 4.19. The van der Waals surface area contributed by atoms with Gasteiger partial charge in [-0.25, -0.2) is 0 Å². The van der Waals surface area contributed by atoms with Crippen LogP contribution in [0.4, 0.5) is 18.0 Å². The minimum absolute atomic E-state index is 0.0886. The summed E-state index contributed by atoms with van der Waals surface area (Å²) in [5, 5.41) is 10.2. The summed E-state index contributed by atoms with van der Waals surface area (Å²) in [5.41, 5.74) is 4.78. The highest BCUT2D eigenvalue weighted by molar-refractivity contribution is 8.18. The highest BCUT2D eigenvalue weighted by atomic mass is 32.2. The predicted molar refractivity (Wildman–Crippen MR) is 106 cm³/mol. The van der Waals surface area contributed by atoms with Crippen molar-refractivity contribution in [1.82, 2.24) is 5.32 Å². The molecule has 0 saturated carbocycles. The van der Waals surface area contributed by atoms with Crippen molar-refractivity contribution in [3.8, 4) is 11.5 Å². The van der Waals surface area contributed by atoms with Crippen LogP contribution in [-0.2, 0) is 22.2 Å². The number of alkyl halides is 3. The zero-order chi connectivity index (χ0) is 22.8. The molecule has 1 heterocycles. The number of benzene rings is 2. The molecule has 1 unspecified atom stereocenters. The first-order valence-electron chi connectivity index (χ1n) is 8.74. The average molecular weight is 452 g/mol. The molecule has 3 rings (SSSR count). The number of ether oxygens (including phenoxy) is 1. The number of halogens is 3. The number of rotatable bonds is 6. The lowest BCUT2D eigenvalue weighted by Crippen LogP contribution is -2.32. The third kappa shape index (κ3) is 5.64. The number of aliphatic carboxylic acids is 1. The maximum absolute atomic E-state index is 13.5. The first-order chi connectivity index (χ1) is 14.5. The van der Waals surface area contributed by atoms with Crippen molar-refractivity contribution in [1.29, 1.82) is 0 Å². The van der Waals surface area contributed by atoms with Gasteiger partial charge in [0.05, 0.1) is 10.5 Å². The van der Waals surface area contributed by atoms with E-state index in [0.29, 0.717) is 17.3 Å². The molecular weight excluding hydrogens is 437 g/mol. The number of nitrogens with two attached hydrogens (primary N) is 1. The Morgan fingerprint density at radius 2 is 1.81 bits per heavy atom. The normalized spacial score (nSPS) is 16.3. The highest BCUT2D eigenvalue weighted by Gasteiger charge is 2.34. The van der Waals surface area contributed by atoms with Gasteiger partial charge in [-0.2, -0.15) is 13.2 Å². The van der Waals surface area contributed by atoms with Gasteiger partial charge in [-0.1, -0.05) is 18.2 Å². The minimum atomic E-state index is -4.73. The lowest BCUT2D eigenvalue weighted by atomic mass is 10.1. The summed E-state index contributed by atoms with van der Waals surface area (Å²) in [7, 11) is 0. The number of nitrogens with one attached hydrogen (secondary N) is 1. The number of thioether (sulfide) groups is 1. The molecule has 0 aromatic heterocycles. The van der Waals surface area contributed by atoms with Crippen molar-refractivity contribution >= 4 is 35.0 Å². The molecule has 4 N–H and O–H groups in total. The Labute approximate surface area is 178 Å². The molecule has 1 fully saturated rings. The van der Waals surface area contributed by atoms with Crippen LogP contribution in [0.15, 0.2) is 47.4 Å². The summed E-state index contributed by atoms with van der Waals surface area (Å²) in [4.78, 5) is 33.5. The smallest absolute Gasteiger partial charge is 0.417 e. The maximum Gasteiger partial charge on any atom is 0.417 e. The third-order valence-corrected chi connectivity index (χ3v) is 5.00. The lowest BCUT2D eigenvalue weighted by Gasteiger charge is -2.14. The maximum atomic E-state index is 13.5. The molecule has 1 aliphatic heterocycles. The lowest BCUT2D eigenvalue weighted by molar-refractivity contribution is -0.139. The monoisotopic (exact) mass is 452 g/mol. The van der Waals surface area contributed by atoms with Gasteiger partial charge in [0.2, 0.25) is 0 Å². The van der Waals surface area contributed by atoms with Crippen LogP contribution in [0, 0.1) is 0 Å². The van der Waals surface area contributed by atoms with Crippen molar-refractivity contribution in [2.45, 2.75) is 18.6 Å². The van der Waals surface area contributed by atoms with Gasteiger partial charge in [-0.3, -0.25) is 19.7 Å². The number of amides is 2. The van der Waals surface area contributed by atoms with E-state index in [1.165, 1.54) is 18.2 Å². The second kappa shape index (κ2) is 8.82. The number of carboxylic acid groups (broad SMARTS) is 1. The van der Waals surface area contributed by atoms with Crippen molar-refractivity contribution < 1.29 is 37.4 Å². The van der Waals surface area contributed by atoms with Crippen molar-refractivity contribution in [3.63, 3.8) is 0 Å². The van der Waals surface area contributed by atoms with Gasteiger partial charge in [-0.05, 0) is 59.7 Å². The summed E-state index contributed by atoms with van der Waals surface area (Å²) in [5.74, 6) is -1.76. The summed E-state index contributed by atoms with van der Waals surface area (Å²) in [6.07, 6.45) is -3.64. The molecule has 162 valence electrons. The van der Waals surface area contributed by atoms with Gasteiger partial charge in [0, 0.05) is 0 Å². The van der Waals surface area contributed by atoms with E-state index in [0.717, 1.165) is 18.2 Å². The largest absolute Gasteiger partial charge is 0.480 e. The van der Waals surface area contributed by atoms with Gasteiger partial charge in [0.15, 0.2) is 0 Å². The summed E-state index contributed by atoms with van der Waals surface area (Å²) in [6.45, 7) is 0. The Bertz CT molecular complexity index is 1070. The molecule has 2 amide bonds. The Kier molecular flexibility index (Phi) is 6.37. The van der Waals surface area contributed by atoms with Crippen LogP contribution in [0.1, 0.15) is 16.7 Å². The van der Waals surface area contributed by atoms with E-state index in [4.69, 9.17) is 15.6 Å². The van der Waals surface area contributed by atoms with Crippen LogP contribution < -0.4 is 15.8 Å². The molecule has 0 radical (unpaired) electrons. The van der Waals surface area contributed by atoms with E-state index >= 15 is 0 Å². The van der Waals surface area contributed by atoms with Gasteiger partial charge >= 0.3 is 12.1 Å². The molecular formula is C20H15F3N2O5S. The zero-order valence-corrected chi connectivity index (χ0v) is 16.4. The molecule has 11 heteroatoms. The number of carbonyl (C=O) groups excluding carboxylic acids is 2. The van der Waals surface area contributed by atoms with Crippen LogP contribution in [0.2, 0.25) is 0 Å². The van der Waals surface area contributed by atoms with Crippen molar-refractivity contribution in [2.24, 2.45) is 5.73 Å². The standard InChI is InChI=1S/C20H15F3N2O5S/c21-20(22,23)14-9-13(6-3-11(14)8-16-17(26)25-19(29)31-16)30-12-4-1-10(2-5-12)7-15(24)18(27)28/h1-6,8-9,15H,7,24H2,(H,27,28)(H,25,26,29)/b16-8+. The molecule has 2 aromatic carbocycles. The van der Waals surface area contributed by atoms with E-state index in [1.54, 1.807) is 12.1 Å². The Morgan fingerprint density at radius 3 is 2.35 bits per heavy atom. The number of hydrogen-bond acceptors (Lipinski definition) is 6. The molecule has 1 atom stereocenters. The highest BCUT2D eigenvalue weighted by Crippen LogP contribution is 2.38. The van der Waals surface area contributed by atoms with E-state index in [1.807, 2.05) is 5.32 Å². The number of carboxylic acids is 1. The summed E-state index contributed by atoms with van der Waals surface area (Å²) < 4.78 is 46.1. The average Bonchev–Trinajstić information content (AvgIpc) is 3.00. The van der Waals surface area contributed by atoms with Crippen molar-refractivity contribution in [3.05, 3.63) is 64.1 Å². The number of imide groups is 1. The summed E-state index contributed by atoms with van der Waals surface area (Å²) >= 11 is 0.519. The van der Waals surface area contributed by atoms with Crippen LogP contribution >= 0.6 is 11.8 Å². The Hall–Kier alpha value is -3.31. The summed E-state index contributed by atoms with van der Waals surface area (Å²) in [6, 6.07) is 8.26. The molecule has 31 heavy (non-hydrogen) atoms. The van der Waals surface area contributed by atoms with E-state index in [2.05, 4.69) is 0 Å². The van der Waals surface area contributed by atoms with Crippen molar-refractivity contribution in [2.75, 3.05) is 0 Å². The minimum Gasteiger partial charge on any atom is -0.480 e. The van der Waals surface area contributed by atoms with E-state index in [9.17, 15) is 27.6 Å². The Balaban J connectivity index is 1.83. The number of carbonyl (C=O) groups is 3. The van der Waals surface area contributed by atoms with Crippen LogP contribution in [-0.4, -0.2) is 28.3 Å². The van der Waals surface area contributed by atoms with Crippen LogP contribution in [0.25, 0.3) is 6.08 Å². The molecule has 2 aromatic rings. The fourth-order valence-corrected chi connectivity index (χ4v) is 3.38. The van der Waals surface area contributed by atoms with Crippen LogP contribution in [0.3, 0.4) is 0 Å². The fourth-order valence-electron chi connectivity index (χ4n) is 2.70. The number of hydrogen-bond donors (Lipinski definition) is 3. The fraction of sp³-hybridized carbons (Fsp3) is 0.150. The van der Waals surface area contributed by atoms with E-state index < -0.39 is 34.9 Å². The van der Waals surface area contributed by atoms with Crippen LogP contribution in [0.5, 0.6) is 11.5 Å². The first kappa shape index (κ1) is 22.4. The molecule has 1 aliphatic rings. The van der Waals surface area contributed by atoms with Gasteiger partial charge < -0.3 is 15.6 Å². The molecule has 7 nitrogen and oxygen atoms in total.